The molecule has 0 spiro atoms. The van der Waals surface area contributed by atoms with E-state index in [0.29, 0.717) is 5.75 Å². The van der Waals surface area contributed by atoms with Crippen LogP contribution in [0.15, 0.2) is 40.9 Å². The lowest BCUT2D eigenvalue weighted by Crippen LogP contribution is -2.02. The molecular weight excluding hydrogens is 316 g/mol. The zero-order chi connectivity index (χ0) is 13.8. The Morgan fingerprint density at radius 2 is 1.79 bits per heavy atom. The van der Waals surface area contributed by atoms with Gasteiger partial charge < -0.3 is 10.1 Å². The van der Waals surface area contributed by atoms with Gasteiger partial charge in [-0.15, -0.1) is 0 Å². The fourth-order valence-corrected chi connectivity index (χ4v) is 1.95. The first-order chi connectivity index (χ1) is 9.11. The van der Waals surface area contributed by atoms with E-state index >= 15 is 0 Å². The fourth-order valence-electron chi connectivity index (χ4n) is 1.57. The maximum absolute atomic E-state index is 13.7. The Morgan fingerprint density at radius 1 is 1.11 bits per heavy atom. The second-order valence-corrected chi connectivity index (χ2v) is 4.74. The molecular formula is C14H12BrF2NO. The molecule has 100 valence electrons. The van der Waals surface area contributed by atoms with Crippen LogP contribution in [-0.4, -0.2) is 7.05 Å². The van der Waals surface area contributed by atoms with Crippen LogP contribution in [0.1, 0.15) is 5.56 Å². The Morgan fingerprint density at radius 3 is 2.42 bits per heavy atom. The minimum Gasteiger partial charge on any atom is -0.489 e. The van der Waals surface area contributed by atoms with E-state index in [4.69, 9.17) is 4.74 Å². The van der Waals surface area contributed by atoms with Gasteiger partial charge in [0.1, 0.15) is 24.0 Å². The molecule has 0 fully saturated rings. The van der Waals surface area contributed by atoms with Gasteiger partial charge in [-0.1, -0.05) is 0 Å². The zero-order valence-electron chi connectivity index (χ0n) is 10.2. The van der Waals surface area contributed by atoms with Gasteiger partial charge in [0, 0.05) is 12.7 Å². The van der Waals surface area contributed by atoms with Gasteiger partial charge in [0.25, 0.3) is 0 Å². The second kappa shape index (κ2) is 6.02. The summed E-state index contributed by atoms with van der Waals surface area (Å²) in [4.78, 5) is 0. The third kappa shape index (κ3) is 3.23. The van der Waals surface area contributed by atoms with Crippen LogP contribution in [-0.2, 0) is 6.61 Å². The third-order valence-corrected chi connectivity index (χ3v) is 3.28. The van der Waals surface area contributed by atoms with Crippen molar-refractivity contribution in [2.75, 3.05) is 12.4 Å². The first-order valence-electron chi connectivity index (χ1n) is 5.65. The van der Waals surface area contributed by atoms with Crippen LogP contribution in [0.3, 0.4) is 0 Å². The number of nitrogens with one attached hydrogen (secondary N) is 1. The zero-order valence-corrected chi connectivity index (χ0v) is 11.8. The minimum absolute atomic E-state index is 0.0907. The highest BCUT2D eigenvalue weighted by atomic mass is 79.9. The number of hydrogen-bond donors (Lipinski definition) is 1. The molecule has 1 N–H and O–H groups in total. The van der Waals surface area contributed by atoms with Crippen LogP contribution < -0.4 is 10.1 Å². The molecule has 0 aliphatic rings. The first kappa shape index (κ1) is 13.8. The predicted octanol–water partition coefficient (Wildman–Crippen LogP) is 4.35. The summed E-state index contributed by atoms with van der Waals surface area (Å²) >= 11 is 3.02. The summed E-state index contributed by atoms with van der Waals surface area (Å²) in [7, 11) is 1.81. The topological polar surface area (TPSA) is 21.3 Å². The second-order valence-electron chi connectivity index (χ2n) is 3.88. The largest absolute Gasteiger partial charge is 0.489 e. The number of anilines is 1. The van der Waals surface area contributed by atoms with Crippen LogP contribution >= 0.6 is 15.9 Å². The van der Waals surface area contributed by atoms with Crippen LogP contribution in [0, 0.1) is 11.6 Å². The minimum atomic E-state index is -0.633. The van der Waals surface area contributed by atoms with Gasteiger partial charge in [-0.05, 0) is 52.3 Å². The first-order valence-corrected chi connectivity index (χ1v) is 6.44. The average Bonchev–Trinajstić information content (AvgIpc) is 2.44. The summed E-state index contributed by atoms with van der Waals surface area (Å²) in [5.74, 6) is -0.697. The maximum atomic E-state index is 13.7. The van der Waals surface area contributed by atoms with Crippen molar-refractivity contribution >= 4 is 21.6 Å². The summed E-state index contributed by atoms with van der Waals surface area (Å²) < 4.78 is 32.8. The van der Waals surface area contributed by atoms with Gasteiger partial charge in [0.2, 0.25) is 0 Å². The SMILES string of the molecule is CNc1ccc(OCc2c(F)ccc(Br)c2F)cc1. The van der Waals surface area contributed by atoms with Crippen molar-refractivity contribution in [3.05, 3.63) is 58.1 Å². The van der Waals surface area contributed by atoms with E-state index < -0.39 is 11.6 Å². The van der Waals surface area contributed by atoms with Gasteiger partial charge in [0.15, 0.2) is 0 Å². The van der Waals surface area contributed by atoms with E-state index in [2.05, 4.69) is 21.2 Å². The molecule has 0 atom stereocenters. The summed E-state index contributed by atoms with van der Waals surface area (Å²) in [6.07, 6.45) is 0. The quantitative estimate of drug-likeness (QED) is 0.843. The fraction of sp³-hybridized carbons (Fsp3) is 0.143. The van der Waals surface area contributed by atoms with Gasteiger partial charge in [-0.3, -0.25) is 0 Å². The Kier molecular flexibility index (Phi) is 4.37. The Hall–Kier alpha value is -1.62. The normalized spacial score (nSPS) is 10.3. The molecule has 2 nitrogen and oxygen atoms in total. The van der Waals surface area contributed by atoms with Crippen molar-refractivity contribution < 1.29 is 13.5 Å². The molecule has 0 unspecified atom stereocenters. The number of rotatable bonds is 4. The number of benzene rings is 2. The molecule has 5 heteroatoms. The standard InChI is InChI=1S/C14H12BrF2NO/c1-18-9-2-4-10(5-3-9)19-8-11-13(16)7-6-12(15)14(11)17/h2-7,18H,8H2,1H3. The molecule has 2 rings (SSSR count). The average molecular weight is 328 g/mol. The van der Waals surface area contributed by atoms with Gasteiger partial charge >= 0.3 is 0 Å². The lowest BCUT2D eigenvalue weighted by atomic mass is 10.2. The van der Waals surface area contributed by atoms with Crippen LogP contribution in [0.4, 0.5) is 14.5 Å². The van der Waals surface area contributed by atoms with Crippen molar-refractivity contribution in [1.82, 2.24) is 0 Å². The molecule has 2 aromatic carbocycles. The Bertz CT molecular complexity index is 572. The van der Waals surface area contributed by atoms with Crippen LogP contribution in [0.25, 0.3) is 0 Å². The van der Waals surface area contributed by atoms with Crippen molar-refractivity contribution in [2.45, 2.75) is 6.61 Å². The van der Waals surface area contributed by atoms with Crippen molar-refractivity contribution in [3.63, 3.8) is 0 Å². The van der Waals surface area contributed by atoms with E-state index in [-0.39, 0.29) is 16.6 Å². The summed E-state index contributed by atoms with van der Waals surface area (Å²) in [6, 6.07) is 9.65. The molecule has 0 aliphatic heterocycles. The summed E-state index contributed by atoms with van der Waals surface area (Å²) in [6.45, 7) is -0.157. The van der Waals surface area contributed by atoms with Crippen molar-refractivity contribution in [1.29, 1.82) is 0 Å². The summed E-state index contributed by atoms with van der Waals surface area (Å²) in [5, 5.41) is 2.97. The predicted molar refractivity (Wildman–Crippen MR) is 74.4 cm³/mol. The van der Waals surface area contributed by atoms with E-state index in [1.54, 1.807) is 12.1 Å². The molecule has 0 heterocycles. The number of halogens is 3. The Labute approximate surface area is 118 Å². The van der Waals surface area contributed by atoms with Gasteiger partial charge in [-0.25, -0.2) is 8.78 Å². The molecule has 19 heavy (non-hydrogen) atoms. The maximum Gasteiger partial charge on any atom is 0.146 e. The molecule has 0 radical (unpaired) electrons. The van der Waals surface area contributed by atoms with E-state index in [0.717, 1.165) is 5.69 Å². The number of ether oxygens (including phenoxy) is 1. The monoisotopic (exact) mass is 327 g/mol. The van der Waals surface area contributed by atoms with Crippen LogP contribution in [0.2, 0.25) is 0 Å². The Balaban J connectivity index is 2.12. The summed E-state index contributed by atoms with van der Waals surface area (Å²) in [5.41, 5.74) is 0.847. The molecule has 0 aliphatic carbocycles. The molecule has 0 bridgehead atoms. The highest BCUT2D eigenvalue weighted by molar-refractivity contribution is 9.10. The highest BCUT2D eigenvalue weighted by Gasteiger charge is 2.12. The lowest BCUT2D eigenvalue weighted by Gasteiger charge is -2.09. The molecule has 0 saturated carbocycles. The van der Waals surface area contributed by atoms with Gasteiger partial charge in [0.05, 0.1) is 10.0 Å². The van der Waals surface area contributed by atoms with E-state index in [9.17, 15) is 8.78 Å². The molecule has 2 aromatic rings. The van der Waals surface area contributed by atoms with E-state index in [1.165, 1.54) is 12.1 Å². The smallest absolute Gasteiger partial charge is 0.146 e. The van der Waals surface area contributed by atoms with Gasteiger partial charge in [-0.2, -0.15) is 0 Å². The highest BCUT2D eigenvalue weighted by Crippen LogP contribution is 2.23. The van der Waals surface area contributed by atoms with Crippen LogP contribution in [0.5, 0.6) is 5.75 Å². The molecule has 0 aromatic heterocycles. The van der Waals surface area contributed by atoms with Crippen molar-refractivity contribution in [2.24, 2.45) is 0 Å². The lowest BCUT2D eigenvalue weighted by molar-refractivity contribution is 0.292. The van der Waals surface area contributed by atoms with E-state index in [1.807, 2.05) is 19.2 Å². The van der Waals surface area contributed by atoms with Crippen molar-refractivity contribution in [3.8, 4) is 5.75 Å². The molecule has 0 saturated heterocycles. The molecule has 0 amide bonds. The third-order valence-electron chi connectivity index (χ3n) is 2.67. The number of hydrogen-bond acceptors (Lipinski definition) is 2.